The van der Waals surface area contributed by atoms with Gasteiger partial charge in [0.05, 0.1) is 10.7 Å². The SMILES string of the molecule is Cc1cccc(Cl)c1N=Cc1cc(Br)ccc1O. The average molecular weight is 325 g/mol. The van der Waals surface area contributed by atoms with Gasteiger partial charge in [-0.1, -0.05) is 39.7 Å². The van der Waals surface area contributed by atoms with Crippen molar-refractivity contribution in [1.82, 2.24) is 0 Å². The van der Waals surface area contributed by atoms with Gasteiger partial charge in [0.15, 0.2) is 0 Å². The number of phenols is 1. The number of aliphatic imine (C=N–C) groups is 1. The van der Waals surface area contributed by atoms with E-state index in [1.54, 1.807) is 30.5 Å². The summed E-state index contributed by atoms with van der Waals surface area (Å²) >= 11 is 9.43. The fraction of sp³-hybridized carbons (Fsp3) is 0.0714. The number of nitrogens with zero attached hydrogens (tertiary/aromatic N) is 1. The molecular weight excluding hydrogens is 314 g/mol. The second-order valence-electron chi connectivity index (χ2n) is 3.87. The number of para-hydroxylation sites is 1. The summed E-state index contributed by atoms with van der Waals surface area (Å²) in [5, 5.41) is 10.3. The predicted molar refractivity (Wildman–Crippen MR) is 79.2 cm³/mol. The van der Waals surface area contributed by atoms with Gasteiger partial charge >= 0.3 is 0 Å². The third-order valence-electron chi connectivity index (χ3n) is 2.51. The zero-order chi connectivity index (χ0) is 13.1. The van der Waals surface area contributed by atoms with Crippen molar-refractivity contribution >= 4 is 39.4 Å². The highest BCUT2D eigenvalue weighted by Crippen LogP contribution is 2.29. The van der Waals surface area contributed by atoms with Gasteiger partial charge in [-0.2, -0.15) is 0 Å². The summed E-state index contributed by atoms with van der Waals surface area (Å²) in [7, 11) is 0. The number of aromatic hydroxyl groups is 1. The van der Waals surface area contributed by atoms with Crippen molar-refractivity contribution < 1.29 is 5.11 Å². The summed E-state index contributed by atoms with van der Waals surface area (Å²) in [6.45, 7) is 1.94. The van der Waals surface area contributed by atoms with Crippen LogP contribution in [0.4, 0.5) is 5.69 Å². The molecular formula is C14H11BrClNO. The number of halogens is 2. The summed E-state index contributed by atoms with van der Waals surface area (Å²) in [4.78, 5) is 4.34. The highest BCUT2D eigenvalue weighted by atomic mass is 79.9. The first-order chi connectivity index (χ1) is 8.58. The lowest BCUT2D eigenvalue weighted by molar-refractivity contribution is 0.474. The van der Waals surface area contributed by atoms with Crippen molar-refractivity contribution in [3.63, 3.8) is 0 Å². The molecule has 0 aliphatic carbocycles. The zero-order valence-electron chi connectivity index (χ0n) is 9.69. The van der Waals surface area contributed by atoms with Gasteiger partial charge in [-0.25, -0.2) is 0 Å². The molecule has 1 N–H and O–H groups in total. The van der Waals surface area contributed by atoms with Crippen molar-refractivity contribution in [2.75, 3.05) is 0 Å². The molecule has 18 heavy (non-hydrogen) atoms. The van der Waals surface area contributed by atoms with Crippen molar-refractivity contribution in [2.45, 2.75) is 6.92 Å². The minimum Gasteiger partial charge on any atom is -0.507 e. The topological polar surface area (TPSA) is 32.6 Å². The van der Waals surface area contributed by atoms with Gasteiger partial charge in [0.25, 0.3) is 0 Å². The smallest absolute Gasteiger partial charge is 0.124 e. The summed E-state index contributed by atoms with van der Waals surface area (Å²) in [6, 6.07) is 10.8. The minimum absolute atomic E-state index is 0.187. The molecule has 2 aromatic carbocycles. The summed E-state index contributed by atoms with van der Waals surface area (Å²) in [6.07, 6.45) is 1.61. The van der Waals surface area contributed by atoms with Crippen LogP contribution in [-0.2, 0) is 0 Å². The molecule has 0 atom stereocenters. The van der Waals surface area contributed by atoms with Crippen molar-refractivity contribution in [3.8, 4) is 5.75 Å². The Hall–Kier alpha value is -1.32. The van der Waals surface area contributed by atoms with E-state index in [0.29, 0.717) is 10.6 Å². The number of hydrogen-bond acceptors (Lipinski definition) is 2. The number of benzene rings is 2. The van der Waals surface area contributed by atoms with Crippen LogP contribution in [0, 0.1) is 6.92 Å². The van der Waals surface area contributed by atoms with Crippen LogP contribution in [0.2, 0.25) is 5.02 Å². The first kappa shape index (κ1) is 13.1. The first-order valence-corrected chi connectivity index (χ1v) is 6.53. The predicted octanol–water partition coefficient (Wildman–Crippen LogP) is 4.87. The first-order valence-electron chi connectivity index (χ1n) is 5.35. The van der Waals surface area contributed by atoms with Gasteiger partial charge in [0.2, 0.25) is 0 Å². The molecule has 0 bridgehead atoms. The van der Waals surface area contributed by atoms with Gasteiger partial charge in [-0.3, -0.25) is 4.99 Å². The Kier molecular flexibility index (Phi) is 4.04. The quantitative estimate of drug-likeness (QED) is 0.786. The second-order valence-corrected chi connectivity index (χ2v) is 5.19. The molecule has 2 nitrogen and oxygen atoms in total. The van der Waals surface area contributed by atoms with E-state index in [1.165, 1.54) is 0 Å². The van der Waals surface area contributed by atoms with Gasteiger partial charge in [0.1, 0.15) is 5.75 Å². The molecule has 0 saturated carbocycles. The van der Waals surface area contributed by atoms with E-state index >= 15 is 0 Å². The van der Waals surface area contributed by atoms with Crippen molar-refractivity contribution in [2.24, 2.45) is 4.99 Å². The Balaban J connectivity index is 2.39. The minimum atomic E-state index is 0.187. The summed E-state index contributed by atoms with van der Waals surface area (Å²) in [5.41, 5.74) is 2.36. The van der Waals surface area contributed by atoms with E-state index < -0.39 is 0 Å². The number of rotatable bonds is 2. The van der Waals surface area contributed by atoms with Crippen molar-refractivity contribution in [1.29, 1.82) is 0 Å². The largest absolute Gasteiger partial charge is 0.507 e. The fourth-order valence-electron chi connectivity index (χ4n) is 1.55. The highest BCUT2D eigenvalue weighted by molar-refractivity contribution is 9.10. The van der Waals surface area contributed by atoms with E-state index in [0.717, 1.165) is 15.7 Å². The third kappa shape index (κ3) is 2.92. The van der Waals surface area contributed by atoms with E-state index in [2.05, 4.69) is 20.9 Å². The molecule has 2 aromatic rings. The van der Waals surface area contributed by atoms with Gasteiger partial charge in [0, 0.05) is 16.3 Å². The van der Waals surface area contributed by atoms with E-state index in [1.807, 2.05) is 19.1 Å². The molecule has 0 amide bonds. The van der Waals surface area contributed by atoms with Crippen LogP contribution in [0.25, 0.3) is 0 Å². The molecule has 0 aromatic heterocycles. The second kappa shape index (κ2) is 5.55. The van der Waals surface area contributed by atoms with E-state index in [-0.39, 0.29) is 5.75 Å². The van der Waals surface area contributed by atoms with Gasteiger partial charge < -0.3 is 5.11 Å². The lowest BCUT2D eigenvalue weighted by Gasteiger charge is -2.03. The monoisotopic (exact) mass is 323 g/mol. The normalized spacial score (nSPS) is 11.1. The van der Waals surface area contributed by atoms with Crippen LogP contribution in [-0.4, -0.2) is 11.3 Å². The van der Waals surface area contributed by atoms with Crippen molar-refractivity contribution in [3.05, 3.63) is 57.0 Å². The molecule has 0 unspecified atom stereocenters. The molecule has 4 heteroatoms. The van der Waals surface area contributed by atoms with Crippen LogP contribution < -0.4 is 0 Å². The van der Waals surface area contributed by atoms with Crippen LogP contribution >= 0.6 is 27.5 Å². The van der Waals surface area contributed by atoms with Crippen LogP contribution in [0.15, 0.2) is 45.9 Å². The summed E-state index contributed by atoms with van der Waals surface area (Å²) < 4.78 is 0.887. The lowest BCUT2D eigenvalue weighted by Crippen LogP contribution is -1.83. The number of phenolic OH excluding ortho intramolecular Hbond substituents is 1. The number of aryl methyl sites for hydroxylation is 1. The summed E-state index contributed by atoms with van der Waals surface area (Å²) in [5.74, 6) is 0.187. The molecule has 0 saturated heterocycles. The van der Waals surface area contributed by atoms with Gasteiger partial charge in [-0.15, -0.1) is 0 Å². The maximum absolute atomic E-state index is 9.71. The Labute approximate surface area is 119 Å². The fourth-order valence-corrected chi connectivity index (χ4v) is 2.20. The molecule has 0 aliphatic heterocycles. The van der Waals surface area contributed by atoms with Crippen LogP contribution in [0.3, 0.4) is 0 Å². The Bertz CT molecular complexity index is 590. The standard InChI is InChI=1S/C14H11BrClNO/c1-9-3-2-4-12(16)14(9)17-8-10-7-11(15)5-6-13(10)18/h2-8,18H,1H3. The molecule has 0 spiro atoms. The molecule has 2 rings (SSSR count). The third-order valence-corrected chi connectivity index (χ3v) is 3.31. The molecule has 0 heterocycles. The molecule has 0 fully saturated rings. The Morgan fingerprint density at radius 2 is 2.06 bits per heavy atom. The molecule has 92 valence electrons. The van der Waals surface area contributed by atoms with E-state index in [4.69, 9.17) is 11.6 Å². The average Bonchev–Trinajstić information content (AvgIpc) is 2.33. The molecule has 0 radical (unpaired) electrons. The van der Waals surface area contributed by atoms with Crippen LogP contribution in [0.5, 0.6) is 5.75 Å². The van der Waals surface area contributed by atoms with Crippen LogP contribution in [0.1, 0.15) is 11.1 Å². The molecule has 0 aliphatic rings. The lowest BCUT2D eigenvalue weighted by atomic mass is 10.2. The van der Waals surface area contributed by atoms with Gasteiger partial charge in [-0.05, 0) is 36.8 Å². The maximum atomic E-state index is 9.71. The maximum Gasteiger partial charge on any atom is 0.124 e. The highest BCUT2D eigenvalue weighted by Gasteiger charge is 2.02. The number of hydrogen-bond donors (Lipinski definition) is 1. The Morgan fingerprint density at radius 3 is 2.78 bits per heavy atom. The Morgan fingerprint density at radius 1 is 1.28 bits per heavy atom. The van der Waals surface area contributed by atoms with E-state index in [9.17, 15) is 5.11 Å². The zero-order valence-corrected chi connectivity index (χ0v) is 12.0.